The first-order valence-corrected chi connectivity index (χ1v) is 11.2. The molecule has 37 heavy (non-hydrogen) atoms. The molecule has 0 atom stereocenters. The number of anilines is 2. The van der Waals surface area contributed by atoms with Crippen molar-refractivity contribution in [2.75, 3.05) is 5.32 Å². The Morgan fingerprint density at radius 1 is 0.973 bits per heavy atom. The van der Waals surface area contributed by atoms with Gasteiger partial charge in [0, 0.05) is 41.8 Å². The molecule has 0 aliphatic heterocycles. The standard InChI is InChI=1S/C26H19N9O2/c1-16-11-22(33-26-34-23(12-27)37-35-26)32-24(31-16)19-8-10-21(29-15-19)25(36)30-14-17-7-9-20(28-13-17)18-5-3-2-4-6-18/h2-11,13,15H,14H2,1H3,(H,30,36)(H,31,32,33,35). The first kappa shape index (κ1) is 23.3. The molecule has 0 aliphatic carbocycles. The molecule has 4 heterocycles. The van der Waals surface area contributed by atoms with E-state index in [0.717, 1.165) is 16.8 Å². The molecule has 0 bridgehead atoms. The third-order valence-corrected chi connectivity index (χ3v) is 5.22. The lowest BCUT2D eigenvalue weighted by molar-refractivity contribution is 0.0946. The van der Waals surface area contributed by atoms with Gasteiger partial charge in [0.15, 0.2) is 11.9 Å². The second-order valence-corrected chi connectivity index (χ2v) is 7.91. The van der Waals surface area contributed by atoms with E-state index in [1.807, 2.05) is 49.4 Å². The number of carbonyl (C=O) groups excluding carboxylic acids is 1. The maximum Gasteiger partial charge on any atom is 0.330 e. The molecule has 0 saturated heterocycles. The Morgan fingerprint density at radius 2 is 1.84 bits per heavy atom. The molecule has 0 aliphatic rings. The van der Waals surface area contributed by atoms with Crippen molar-refractivity contribution in [3.8, 4) is 28.7 Å². The van der Waals surface area contributed by atoms with Gasteiger partial charge in [0.2, 0.25) is 0 Å². The fraction of sp³-hybridized carbons (Fsp3) is 0.0769. The number of rotatable bonds is 7. The van der Waals surface area contributed by atoms with Gasteiger partial charge < -0.3 is 15.2 Å². The normalized spacial score (nSPS) is 10.5. The minimum absolute atomic E-state index is 0.107. The van der Waals surface area contributed by atoms with Crippen molar-refractivity contribution in [1.29, 1.82) is 5.26 Å². The second kappa shape index (κ2) is 10.4. The van der Waals surface area contributed by atoms with Gasteiger partial charge in [0.05, 0.1) is 5.69 Å². The Morgan fingerprint density at radius 3 is 2.54 bits per heavy atom. The summed E-state index contributed by atoms with van der Waals surface area (Å²) in [7, 11) is 0. The van der Waals surface area contributed by atoms with E-state index in [2.05, 4.69) is 40.7 Å². The van der Waals surface area contributed by atoms with Crippen molar-refractivity contribution in [2.24, 2.45) is 0 Å². The second-order valence-electron chi connectivity index (χ2n) is 7.91. The van der Waals surface area contributed by atoms with Crippen molar-refractivity contribution in [3.63, 3.8) is 0 Å². The molecule has 1 amide bonds. The number of pyridine rings is 2. The third kappa shape index (κ3) is 5.60. The Labute approximate surface area is 211 Å². The summed E-state index contributed by atoms with van der Waals surface area (Å²) in [5.74, 6) is 0.455. The number of carbonyl (C=O) groups is 1. The number of nitrogens with one attached hydrogen (secondary N) is 2. The number of aryl methyl sites for hydroxylation is 1. The molecule has 180 valence electrons. The van der Waals surface area contributed by atoms with Crippen LogP contribution in [0.5, 0.6) is 0 Å². The minimum atomic E-state index is -0.309. The fourth-order valence-corrected chi connectivity index (χ4v) is 3.44. The van der Waals surface area contributed by atoms with Crippen LogP contribution < -0.4 is 10.6 Å². The van der Waals surface area contributed by atoms with E-state index in [9.17, 15) is 4.79 Å². The number of nitrogens with zero attached hydrogens (tertiary/aromatic N) is 7. The van der Waals surface area contributed by atoms with Crippen LogP contribution in [-0.4, -0.2) is 36.0 Å². The highest BCUT2D eigenvalue weighted by Gasteiger charge is 2.12. The number of nitriles is 1. The molecular weight excluding hydrogens is 470 g/mol. The minimum Gasteiger partial charge on any atom is -0.347 e. The molecule has 0 radical (unpaired) electrons. The van der Waals surface area contributed by atoms with Gasteiger partial charge in [-0.1, -0.05) is 36.4 Å². The summed E-state index contributed by atoms with van der Waals surface area (Å²) in [6, 6.07) is 20.5. The average Bonchev–Trinajstić information content (AvgIpc) is 3.40. The summed E-state index contributed by atoms with van der Waals surface area (Å²) >= 11 is 0. The number of amides is 1. The molecule has 0 spiro atoms. The van der Waals surface area contributed by atoms with Gasteiger partial charge in [-0.05, 0) is 35.8 Å². The highest BCUT2D eigenvalue weighted by Crippen LogP contribution is 2.20. The molecule has 11 nitrogen and oxygen atoms in total. The van der Waals surface area contributed by atoms with Crippen molar-refractivity contribution in [2.45, 2.75) is 13.5 Å². The van der Waals surface area contributed by atoms with Gasteiger partial charge in [-0.3, -0.25) is 14.8 Å². The highest BCUT2D eigenvalue weighted by molar-refractivity contribution is 5.92. The van der Waals surface area contributed by atoms with Crippen molar-refractivity contribution in [1.82, 2.24) is 35.4 Å². The van der Waals surface area contributed by atoms with E-state index in [1.165, 1.54) is 6.20 Å². The molecule has 5 rings (SSSR count). The lowest BCUT2D eigenvalue weighted by Crippen LogP contribution is -2.23. The largest absolute Gasteiger partial charge is 0.347 e. The van der Waals surface area contributed by atoms with Gasteiger partial charge in [-0.2, -0.15) is 10.2 Å². The molecule has 2 N–H and O–H groups in total. The van der Waals surface area contributed by atoms with Crippen LogP contribution in [0.1, 0.15) is 27.6 Å². The lowest BCUT2D eigenvalue weighted by Gasteiger charge is -2.08. The van der Waals surface area contributed by atoms with Crippen LogP contribution in [0.15, 0.2) is 77.6 Å². The van der Waals surface area contributed by atoms with Crippen molar-refractivity contribution in [3.05, 3.63) is 95.9 Å². The van der Waals surface area contributed by atoms with E-state index in [1.54, 1.807) is 30.5 Å². The Balaban J connectivity index is 1.23. The maximum absolute atomic E-state index is 12.6. The van der Waals surface area contributed by atoms with E-state index >= 15 is 0 Å². The number of hydrogen-bond acceptors (Lipinski definition) is 10. The molecule has 0 saturated carbocycles. The zero-order chi connectivity index (χ0) is 25.6. The number of aromatic nitrogens is 6. The topological polar surface area (TPSA) is 155 Å². The number of hydrogen-bond donors (Lipinski definition) is 2. The maximum atomic E-state index is 12.6. The van der Waals surface area contributed by atoms with Gasteiger partial charge in [-0.25, -0.2) is 9.97 Å². The summed E-state index contributed by atoms with van der Waals surface area (Å²) in [6.07, 6.45) is 3.28. The van der Waals surface area contributed by atoms with Gasteiger partial charge in [-0.15, -0.1) is 0 Å². The molecule has 0 fully saturated rings. The van der Waals surface area contributed by atoms with Crippen LogP contribution in [0.4, 0.5) is 11.8 Å². The van der Waals surface area contributed by atoms with Gasteiger partial charge in [0.1, 0.15) is 11.5 Å². The molecular formula is C26H19N9O2. The first-order chi connectivity index (χ1) is 18.1. The van der Waals surface area contributed by atoms with Crippen molar-refractivity contribution < 1.29 is 9.32 Å². The van der Waals surface area contributed by atoms with Crippen LogP contribution in [0.2, 0.25) is 0 Å². The molecule has 0 unspecified atom stereocenters. The predicted molar refractivity (Wildman–Crippen MR) is 133 cm³/mol. The van der Waals surface area contributed by atoms with Gasteiger partial charge in [0.25, 0.3) is 11.9 Å². The molecule has 5 aromatic rings. The smallest absolute Gasteiger partial charge is 0.330 e. The summed E-state index contributed by atoms with van der Waals surface area (Å²) in [5.41, 5.74) is 4.35. The van der Waals surface area contributed by atoms with E-state index in [4.69, 9.17) is 9.78 Å². The SMILES string of the molecule is Cc1cc(Nc2noc(C#N)n2)nc(-c2ccc(C(=O)NCc3ccc(-c4ccccc4)nc3)nc2)n1. The fourth-order valence-electron chi connectivity index (χ4n) is 3.44. The number of benzene rings is 1. The molecule has 11 heteroatoms. The average molecular weight is 489 g/mol. The van der Waals surface area contributed by atoms with Crippen LogP contribution in [-0.2, 0) is 6.54 Å². The van der Waals surface area contributed by atoms with Crippen molar-refractivity contribution >= 4 is 17.7 Å². The summed E-state index contributed by atoms with van der Waals surface area (Å²) < 4.78 is 4.76. The van der Waals surface area contributed by atoms with Gasteiger partial charge >= 0.3 is 5.89 Å². The zero-order valence-electron chi connectivity index (χ0n) is 19.6. The lowest BCUT2D eigenvalue weighted by atomic mass is 10.1. The van der Waals surface area contributed by atoms with Crippen LogP contribution in [0.3, 0.4) is 0 Å². The first-order valence-electron chi connectivity index (χ1n) is 11.2. The third-order valence-electron chi connectivity index (χ3n) is 5.22. The summed E-state index contributed by atoms with van der Waals surface area (Å²) in [6.45, 7) is 2.13. The van der Waals surface area contributed by atoms with E-state index in [-0.39, 0.29) is 23.4 Å². The molecule has 1 aromatic carbocycles. The zero-order valence-corrected chi connectivity index (χ0v) is 19.6. The Bertz CT molecular complexity index is 1580. The van der Waals surface area contributed by atoms with Crippen LogP contribution >= 0.6 is 0 Å². The Hall–Kier alpha value is -5.50. The van der Waals surface area contributed by atoms with E-state index in [0.29, 0.717) is 29.4 Å². The highest BCUT2D eigenvalue weighted by atomic mass is 16.5. The summed E-state index contributed by atoms with van der Waals surface area (Å²) in [5, 5.41) is 18.2. The van der Waals surface area contributed by atoms with E-state index < -0.39 is 0 Å². The quantitative estimate of drug-likeness (QED) is 0.344. The molecule has 4 aromatic heterocycles. The van der Waals surface area contributed by atoms with Crippen LogP contribution in [0.25, 0.3) is 22.6 Å². The monoisotopic (exact) mass is 489 g/mol. The van der Waals surface area contributed by atoms with Crippen LogP contribution in [0, 0.1) is 18.3 Å². The summed E-state index contributed by atoms with van der Waals surface area (Å²) in [4.78, 5) is 34.1. The Kier molecular flexibility index (Phi) is 6.54. The predicted octanol–water partition coefficient (Wildman–Crippen LogP) is 3.84.